The van der Waals surface area contributed by atoms with Crippen LogP contribution in [0.3, 0.4) is 0 Å². The number of aromatic amines is 1. The second-order valence-corrected chi connectivity index (χ2v) is 11.3. The van der Waals surface area contributed by atoms with E-state index in [1.165, 1.54) is 25.0 Å². The van der Waals surface area contributed by atoms with Crippen molar-refractivity contribution in [2.24, 2.45) is 5.14 Å². The first kappa shape index (κ1) is 26.1. The molecule has 1 aliphatic heterocycles. The average Bonchev–Trinajstić information content (AvgIpc) is 3.66. The minimum atomic E-state index is -3.70. The smallest absolute Gasteiger partial charge is 0.270 e. The van der Waals surface area contributed by atoms with Gasteiger partial charge in [0, 0.05) is 63.0 Å². The molecule has 5 N–H and O–H groups in total. The SMILES string of the molecule is CCCNC(=O)c1cc(Nc2cc(C3CC3)[nH]n2)nc(N2CCN(Cc3ccc(S(N)(=O)=O)cc3)CC2)n1. The number of piperazine rings is 1. The Kier molecular flexibility index (Phi) is 7.58. The van der Waals surface area contributed by atoms with Crippen molar-refractivity contribution in [2.75, 3.05) is 42.9 Å². The summed E-state index contributed by atoms with van der Waals surface area (Å²) in [5.41, 5.74) is 2.42. The lowest BCUT2D eigenvalue weighted by atomic mass is 10.2. The molecule has 38 heavy (non-hydrogen) atoms. The van der Waals surface area contributed by atoms with E-state index in [1.54, 1.807) is 18.2 Å². The number of sulfonamides is 1. The van der Waals surface area contributed by atoms with E-state index in [9.17, 15) is 13.2 Å². The molecule has 1 saturated carbocycles. The number of anilines is 3. The van der Waals surface area contributed by atoms with Crippen LogP contribution in [0.1, 0.15) is 53.8 Å². The summed E-state index contributed by atoms with van der Waals surface area (Å²) in [5, 5.41) is 18.7. The van der Waals surface area contributed by atoms with Gasteiger partial charge in [0.05, 0.1) is 4.90 Å². The molecule has 0 radical (unpaired) electrons. The average molecular weight is 540 g/mol. The normalized spacial score (nSPS) is 16.4. The van der Waals surface area contributed by atoms with E-state index in [0.717, 1.165) is 30.8 Å². The van der Waals surface area contributed by atoms with Crippen molar-refractivity contribution in [3.8, 4) is 0 Å². The quantitative estimate of drug-likeness (QED) is 0.301. The highest BCUT2D eigenvalue weighted by molar-refractivity contribution is 7.89. The van der Waals surface area contributed by atoms with Crippen LogP contribution < -0.4 is 20.7 Å². The lowest BCUT2D eigenvalue weighted by Crippen LogP contribution is -2.46. The van der Waals surface area contributed by atoms with E-state index >= 15 is 0 Å². The number of nitrogens with one attached hydrogen (secondary N) is 3. The van der Waals surface area contributed by atoms with Gasteiger partial charge in [-0.2, -0.15) is 10.1 Å². The number of carbonyl (C=O) groups is 1. The highest BCUT2D eigenvalue weighted by Gasteiger charge is 2.26. The van der Waals surface area contributed by atoms with Crippen molar-refractivity contribution in [1.29, 1.82) is 0 Å². The molecule has 2 aromatic heterocycles. The standard InChI is InChI=1S/C25H33N9O3S/c1-2-9-27-24(35)21-15-22(29-23-14-20(31-32-23)18-5-6-18)30-25(28-21)34-12-10-33(11-13-34)16-17-3-7-19(8-4-17)38(26,36)37/h3-4,7-8,14-15,18H,2,5-6,9-13,16H2,1H3,(H,27,35)(H2,26,36,37)(H2,28,29,30,31,32). The Bertz CT molecular complexity index is 1380. The molecule has 3 heterocycles. The number of carbonyl (C=O) groups excluding carboxylic acids is 1. The molecule has 3 aromatic rings. The van der Waals surface area contributed by atoms with Gasteiger partial charge in [0.25, 0.3) is 5.91 Å². The molecule has 0 atom stereocenters. The molecule has 0 bridgehead atoms. The third-order valence-electron chi connectivity index (χ3n) is 6.67. The highest BCUT2D eigenvalue weighted by Crippen LogP contribution is 2.39. The Morgan fingerprint density at radius 2 is 1.82 bits per heavy atom. The predicted molar refractivity (Wildman–Crippen MR) is 144 cm³/mol. The summed E-state index contributed by atoms with van der Waals surface area (Å²) in [6, 6.07) is 10.3. The molecule has 0 unspecified atom stereocenters. The molecule has 1 amide bonds. The molecule has 1 saturated heterocycles. The first-order chi connectivity index (χ1) is 18.3. The second-order valence-electron chi connectivity index (χ2n) is 9.75. The highest BCUT2D eigenvalue weighted by atomic mass is 32.2. The number of aromatic nitrogens is 4. The van der Waals surface area contributed by atoms with Crippen LogP contribution in [0.25, 0.3) is 0 Å². The number of H-pyrrole nitrogens is 1. The number of amides is 1. The minimum Gasteiger partial charge on any atom is -0.351 e. The van der Waals surface area contributed by atoms with Crippen LogP contribution in [-0.4, -0.2) is 72.1 Å². The third kappa shape index (κ3) is 6.47. The maximum atomic E-state index is 12.8. The largest absolute Gasteiger partial charge is 0.351 e. The number of nitrogens with zero attached hydrogens (tertiary/aromatic N) is 5. The van der Waals surface area contributed by atoms with Crippen LogP contribution in [0.15, 0.2) is 41.3 Å². The first-order valence-corrected chi connectivity index (χ1v) is 14.4. The third-order valence-corrected chi connectivity index (χ3v) is 7.60. The number of rotatable bonds is 10. The second kappa shape index (κ2) is 11.1. The van der Waals surface area contributed by atoms with E-state index in [1.807, 2.05) is 13.0 Å². The van der Waals surface area contributed by atoms with Crippen LogP contribution >= 0.6 is 0 Å². The molecule has 2 fully saturated rings. The van der Waals surface area contributed by atoms with Crippen molar-refractivity contribution in [2.45, 2.75) is 43.5 Å². The van der Waals surface area contributed by atoms with Gasteiger partial charge in [0.15, 0.2) is 5.82 Å². The summed E-state index contributed by atoms with van der Waals surface area (Å²) in [7, 11) is -3.70. The zero-order chi connectivity index (χ0) is 26.7. The van der Waals surface area contributed by atoms with Crippen molar-refractivity contribution >= 4 is 33.5 Å². The molecule has 5 rings (SSSR count). The summed E-state index contributed by atoms with van der Waals surface area (Å²) >= 11 is 0. The number of benzene rings is 1. The summed E-state index contributed by atoms with van der Waals surface area (Å²) < 4.78 is 23.0. The Labute approximate surface area is 222 Å². The van der Waals surface area contributed by atoms with Crippen LogP contribution in [0.5, 0.6) is 0 Å². The van der Waals surface area contributed by atoms with Gasteiger partial charge in [-0.05, 0) is 37.0 Å². The van der Waals surface area contributed by atoms with E-state index in [0.29, 0.717) is 55.4 Å². The van der Waals surface area contributed by atoms with Crippen molar-refractivity contribution in [1.82, 2.24) is 30.4 Å². The maximum Gasteiger partial charge on any atom is 0.270 e. The van der Waals surface area contributed by atoms with Crippen LogP contribution in [-0.2, 0) is 16.6 Å². The molecule has 202 valence electrons. The molecular weight excluding hydrogens is 506 g/mol. The van der Waals surface area contributed by atoms with Gasteiger partial charge in [-0.1, -0.05) is 19.1 Å². The number of nitrogens with two attached hydrogens (primary N) is 1. The molecule has 0 spiro atoms. The molecule has 2 aliphatic rings. The van der Waals surface area contributed by atoms with Gasteiger partial charge in [-0.25, -0.2) is 18.5 Å². The monoisotopic (exact) mass is 539 g/mol. The zero-order valence-corrected chi connectivity index (χ0v) is 22.2. The summed E-state index contributed by atoms with van der Waals surface area (Å²) in [4.78, 5) is 26.5. The number of primary sulfonamides is 1. The summed E-state index contributed by atoms with van der Waals surface area (Å²) in [6.07, 6.45) is 3.18. The van der Waals surface area contributed by atoms with Crippen LogP contribution in [0, 0.1) is 0 Å². The van der Waals surface area contributed by atoms with E-state index in [4.69, 9.17) is 10.1 Å². The van der Waals surface area contributed by atoms with Crippen molar-refractivity contribution < 1.29 is 13.2 Å². The molecule has 1 aromatic carbocycles. The van der Waals surface area contributed by atoms with Gasteiger partial charge < -0.3 is 15.5 Å². The lowest BCUT2D eigenvalue weighted by Gasteiger charge is -2.35. The Morgan fingerprint density at radius 1 is 1.08 bits per heavy atom. The Morgan fingerprint density at radius 3 is 2.47 bits per heavy atom. The topological polar surface area (TPSA) is 162 Å². The molecule has 12 nitrogen and oxygen atoms in total. The van der Waals surface area contributed by atoms with Crippen molar-refractivity contribution in [3.63, 3.8) is 0 Å². The van der Waals surface area contributed by atoms with E-state index in [2.05, 4.69) is 35.6 Å². The predicted octanol–water partition coefficient (Wildman–Crippen LogP) is 1.93. The lowest BCUT2D eigenvalue weighted by molar-refractivity contribution is 0.0948. The first-order valence-electron chi connectivity index (χ1n) is 12.9. The fourth-order valence-corrected chi connectivity index (χ4v) is 4.88. The number of hydrogen-bond acceptors (Lipinski definition) is 9. The fourth-order valence-electron chi connectivity index (χ4n) is 4.37. The fraction of sp³-hybridized carbons (Fsp3) is 0.440. The van der Waals surface area contributed by atoms with Gasteiger partial charge >= 0.3 is 0 Å². The van der Waals surface area contributed by atoms with Gasteiger partial charge in [0.1, 0.15) is 11.5 Å². The molecule has 1 aliphatic carbocycles. The summed E-state index contributed by atoms with van der Waals surface area (Å²) in [6.45, 7) is 6.16. The van der Waals surface area contributed by atoms with Gasteiger partial charge in [-0.15, -0.1) is 0 Å². The van der Waals surface area contributed by atoms with E-state index < -0.39 is 10.0 Å². The van der Waals surface area contributed by atoms with Gasteiger partial charge in [-0.3, -0.25) is 14.8 Å². The minimum absolute atomic E-state index is 0.106. The molecule has 13 heteroatoms. The van der Waals surface area contributed by atoms with Crippen LogP contribution in [0.4, 0.5) is 17.6 Å². The number of hydrogen-bond donors (Lipinski definition) is 4. The van der Waals surface area contributed by atoms with Crippen LogP contribution in [0.2, 0.25) is 0 Å². The Hall–Kier alpha value is -3.55. The van der Waals surface area contributed by atoms with E-state index in [-0.39, 0.29) is 10.8 Å². The molecular formula is C25H33N9O3S. The zero-order valence-electron chi connectivity index (χ0n) is 21.4. The summed E-state index contributed by atoms with van der Waals surface area (Å²) in [5.74, 6) is 1.99. The maximum absolute atomic E-state index is 12.8. The van der Waals surface area contributed by atoms with Crippen molar-refractivity contribution in [3.05, 3.63) is 53.3 Å². The van der Waals surface area contributed by atoms with Gasteiger partial charge in [0.2, 0.25) is 16.0 Å². The Balaban J connectivity index is 1.27.